The van der Waals surface area contributed by atoms with Crippen LogP contribution < -0.4 is 5.32 Å². The van der Waals surface area contributed by atoms with E-state index in [-0.39, 0.29) is 6.04 Å². The zero-order valence-electron chi connectivity index (χ0n) is 12.1. The monoisotopic (exact) mass is 267 g/mol. The third-order valence-electron chi connectivity index (χ3n) is 4.22. The Kier molecular flexibility index (Phi) is 3.49. The summed E-state index contributed by atoms with van der Waals surface area (Å²) in [7, 11) is 0. The van der Waals surface area contributed by atoms with E-state index in [1.54, 1.807) is 0 Å². The molecule has 2 aromatic carbocycles. The third kappa shape index (κ3) is 2.44. The maximum atomic E-state index is 10.7. The molecule has 0 saturated heterocycles. The largest absolute Gasteiger partial charge is 0.386 e. The SMILES string of the molecule is Cc1ccc(C)c(C(O)C2CCc3ccccc3N2)c1. The minimum Gasteiger partial charge on any atom is -0.386 e. The molecule has 1 aliphatic heterocycles. The topological polar surface area (TPSA) is 32.3 Å². The molecular weight excluding hydrogens is 246 g/mol. The van der Waals surface area contributed by atoms with Gasteiger partial charge in [-0.25, -0.2) is 0 Å². The van der Waals surface area contributed by atoms with Gasteiger partial charge in [-0.05, 0) is 49.4 Å². The number of benzene rings is 2. The third-order valence-corrected chi connectivity index (χ3v) is 4.22. The average molecular weight is 267 g/mol. The normalized spacial score (nSPS) is 19.1. The molecule has 0 amide bonds. The highest BCUT2D eigenvalue weighted by Gasteiger charge is 2.26. The average Bonchev–Trinajstić information content (AvgIpc) is 2.48. The van der Waals surface area contributed by atoms with Crippen molar-refractivity contribution in [1.82, 2.24) is 0 Å². The number of nitrogens with one attached hydrogen (secondary N) is 1. The molecule has 0 aliphatic carbocycles. The quantitative estimate of drug-likeness (QED) is 0.868. The lowest BCUT2D eigenvalue weighted by Crippen LogP contribution is -2.32. The number of para-hydroxylation sites is 1. The first-order valence-electron chi connectivity index (χ1n) is 7.25. The van der Waals surface area contributed by atoms with Gasteiger partial charge in [-0.15, -0.1) is 0 Å². The van der Waals surface area contributed by atoms with Crippen LogP contribution in [0.1, 0.15) is 34.8 Å². The lowest BCUT2D eigenvalue weighted by Gasteiger charge is -2.31. The van der Waals surface area contributed by atoms with Crippen molar-refractivity contribution >= 4 is 5.69 Å². The van der Waals surface area contributed by atoms with Crippen LogP contribution in [0.2, 0.25) is 0 Å². The van der Waals surface area contributed by atoms with Gasteiger partial charge in [0.2, 0.25) is 0 Å². The Morgan fingerprint density at radius 3 is 2.80 bits per heavy atom. The van der Waals surface area contributed by atoms with Crippen molar-refractivity contribution in [2.75, 3.05) is 5.32 Å². The molecule has 2 heteroatoms. The van der Waals surface area contributed by atoms with E-state index in [4.69, 9.17) is 0 Å². The van der Waals surface area contributed by atoms with Crippen molar-refractivity contribution in [1.29, 1.82) is 0 Å². The van der Waals surface area contributed by atoms with E-state index in [0.717, 1.165) is 29.7 Å². The maximum absolute atomic E-state index is 10.7. The lowest BCUT2D eigenvalue weighted by atomic mass is 9.89. The standard InChI is InChI=1S/C18H21NO/c1-12-7-8-13(2)15(11-12)18(20)17-10-9-14-5-3-4-6-16(14)19-17/h3-8,11,17-20H,9-10H2,1-2H3. The second kappa shape index (κ2) is 5.29. The van der Waals surface area contributed by atoms with Crippen LogP contribution in [0.15, 0.2) is 42.5 Å². The van der Waals surface area contributed by atoms with Crippen LogP contribution in [0.25, 0.3) is 0 Å². The molecule has 2 unspecified atom stereocenters. The Balaban J connectivity index is 1.85. The van der Waals surface area contributed by atoms with E-state index >= 15 is 0 Å². The van der Waals surface area contributed by atoms with Crippen LogP contribution in [-0.2, 0) is 6.42 Å². The molecule has 0 bridgehead atoms. The van der Waals surface area contributed by atoms with Crippen molar-refractivity contribution in [3.63, 3.8) is 0 Å². The van der Waals surface area contributed by atoms with Crippen molar-refractivity contribution in [3.05, 3.63) is 64.7 Å². The minimum absolute atomic E-state index is 0.0883. The number of hydrogen-bond donors (Lipinski definition) is 2. The number of rotatable bonds is 2. The molecule has 20 heavy (non-hydrogen) atoms. The molecule has 104 valence electrons. The van der Waals surface area contributed by atoms with Crippen molar-refractivity contribution < 1.29 is 5.11 Å². The summed E-state index contributed by atoms with van der Waals surface area (Å²) in [6.07, 6.45) is 1.53. The zero-order chi connectivity index (χ0) is 14.1. The minimum atomic E-state index is -0.455. The highest BCUT2D eigenvalue weighted by atomic mass is 16.3. The summed E-state index contributed by atoms with van der Waals surface area (Å²) in [5, 5.41) is 14.2. The van der Waals surface area contributed by atoms with Crippen LogP contribution in [0.5, 0.6) is 0 Å². The van der Waals surface area contributed by atoms with Crippen LogP contribution in [0.3, 0.4) is 0 Å². The van der Waals surface area contributed by atoms with Gasteiger partial charge in [-0.1, -0.05) is 42.0 Å². The molecule has 0 aromatic heterocycles. The number of fused-ring (bicyclic) bond motifs is 1. The van der Waals surface area contributed by atoms with Gasteiger partial charge in [0.1, 0.15) is 0 Å². The Labute approximate surface area is 120 Å². The fraction of sp³-hybridized carbons (Fsp3) is 0.333. The van der Waals surface area contributed by atoms with Gasteiger partial charge in [0.05, 0.1) is 12.1 Å². The molecule has 2 atom stereocenters. The molecule has 2 aromatic rings. The van der Waals surface area contributed by atoms with E-state index in [2.05, 4.69) is 55.6 Å². The maximum Gasteiger partial charge on any atom is 0.0993 e. The van der Waals surface area contributed by atoms with E-state index in [1.807, 2.05) is 6.07 Å². The number of aryl methyl sites for hydroxylation is 3. The predicted molar refractivity (Wildman–Crippen MR) is 83.0 cm³/mol. The number of aliphatic hydroxyl groups excluding tert-OH is 1. The van der Waals surface area contributed by atoms with Gasteiger partial charge in [-0.3, -0.25) is 0 Å². The van der Waals surface area contributed by atoms with E-state index < -0.39 is 6.10 Å². The second-order valence-corrected chi connectivity index (χ2v) is 5.75. The van der Waals surface area contributed by atoms with E-state index in [0.29, 0.717) is 0 Å². The second-order valence-electron chi connectivity index (χ2n) is 5.75. The molecule has 0 radical (unpaired) electrons. The lowest BCUT2D eigenvalue weighted by molar-refractivity contribution is 0.148. The number of aliphatic hydroxyl groups is 1. The molecular formula is C18H21NO. The first kappa shape index (κ1) is 13.2. The van der Waals surface area contributed by atoms with Crippen LogP contribution in [0, 0.1) is 13.8 Å². The zero-order valence-corrected chi connectivity index (χ0v) is 12.1. The van der Waals surface area contributed by atoms with Gasteiger partial charge in [-0.2, -0.15) is 0 Å². The van der Waals surface area contributed by atoms with Crippen molar-refractivity contribution in [3.8, 4) is 0 Å². The van der Waals surface area contributed by atoms with Gasteiger partial charge in [0.25, 0.3) is 0 Å². The molecule has 2 N–H and O–H groups in total. The molecule has 3 rings (SSSR count). The summed E-state index contributed by atoms with van der Waals surface area (Å²) in [6, 6.07) is 14.7. The number of anilines is 1. The molecule has 0 spiro atoms. The molecule has 1 aliphatic rings. The van der Waals surface area contributed by atoms with Crippen molar-refractivity contribution in [2.24, 2.45) is 0 Å². The smallest absolute Gasteiger partial charge is 0.0993 e. The van der Waals surface area contributed by atoms with Crippen LogP contribution in [0.4, 0.5) is 5.69 Å². The first-order chi connectivity index (χ1) is 9.65. The van der Waals surface area contributed by atoms with E-state index in [1.165, 1.54) is 11.1 Å². The van der Waals surface area contributed by atoms with Gasteiger partial charge < -0.3 is 10.4 Å². The number of hydrogen-bond acceptors (Lipinski definition) is 2. The van der Waals surface area contributed by atoms with Crippen LogP contribution in [-0.4, -0.2) is 11.1 Å². The Morgan fingerprint density at radius 2 is 1.95 bits per heavy atom. The summed E-state index contributed by atoms with van der Waals surface area (Å²) in [6.45, 7) is 4.13. The molecule has 0 saturated carbocycles. The van der Waals surface area contributed by atoms with Gasteiger partial charge in [0, 0.05) is 5.69 Å². The first-order valence-corrected chi connectivity index (χ1v) is 7.25. The Hall–Kier alpha value is -1.80. The Morgan fingerprint density at radius 1 is 1.15 bits per heavy atom. The highest BCUT2D eigenvalue weighted by molar-refractivity contribution is 5.54. The predicted octanol–water partition coefficient (Wildman–Crippen LogP) is 3.76. The summed E-state index contributed by atoms with van der Waals surface area (Å²) in [4.78, 5) is 0. The summed E-state index contributed by atoms with van der Waals surface area (Å²) < 4.78 is 0. The Bertz CT molecular complexity index is 621. The van der Waals surface area contributed by atoms with Gasteiger partial charge in [0.15, 0.2) is 0 Å². The van der Waals surface area contributed by atoms with Crippen molar-refractivity contribution in [2.45, 2.75) is 38.8 Å². The molecule has 1 heterocycles. The highest BCUT2D eigenvalue weighted by Crippen LogP contribution is 2.31. The summed E-state index contributed by atoms with van der Waals surface area (Å²) in [5.41, 5.74) is 5.90. The fourth-order valence-corrected chi connectivity index (χ4v) is 2.99. The van der Waals surface area contributed by atoms with E-state index in [9.17, 15) is 5.11 Å². The summed E-state index contributed by atoms with van der Waals surface area (Å²) >= 11 is 0. The fourth-order valence-electron chi connectivity index (χ4n) is 2.99. The van der Waals surface area contributed by atoms with Crippen LogP contribution >= 0.6 is 0 Å². The van der Waals surface area contributed by atoms with Gasteiger partial charge >= 0.3 is 0 Å². The molecule has 2 nitrogen and oxygen atoms in total. The summed E-state index contributed by atoms with van der Waals surface area (Å²) in [5.74, 6) is 0. The molecule has 0 fully saturated rings.